The van der Waals surface area contributed by atoms with Crippen LogP contribution in [0.3, 0.4) is 0 Å². The van der Waals surface area contributed by atoms with Gasteiger partial charge in [-0.05, 0) is 29.1 Å². The highest BCUT2D eigenvalue weighted by Crippen LogP contribution is 2.31. The van der Waals surface area contributed by atoms with Crippen molar-refractivity contribution in [3.63, 3.8) is 0 Å². The number of thiophene rings is 1. The third kappa shape index (κ3) is 9.49. The maximum absolute atomic E-state index is 13.6. The van der Waals surface area contributed by atoms with Crippen molar-refractivity contribution in [1.82, 2.24) is 10.2 Å². The average Bonchev–Trinajstić information content (AvgIpc) is 3.46. The number of carbonyl (C=O) groups excluding carboxylic acids is 5. The minimum Gasteiger partial charge on any atom is -0.463 e. The first-order valence-corrected chi connectivity index (χ1v) is 15.4. The van der Waals surface area contributed by atoms with E-state index in [1.54, 1.807) is 35.6 Å². The maximum Gasteiger partial charge on any atom is 0.303 e. The van der Waals surface area contributed by atoms with Crippen LogP contribution in [0.25, 0.3) is 0 Å². The number of ether oxygens (including phenoxy) is 5. The summed E-state index contributed by atoms with van der Waals surface area (Å²) in [5.41, 5.74) is 0.764. The van der Waals surface area contributed by atoms with Crippen molar-refractivity contribution in [2.45, 2.75) is 83.8 Å². The lowest BCUT2D eigenvalue weighted by Crippen LogP contribution is -2.63. The highest BCUT2D eigenvalue weighted by atomic mass is 35.5. The van der Waals surface area contributed by atoms with E-state index in [0.717, 1.165) is 31.2 Å². The van der Waals surface area contributed by atoms with Crippen LogP contribution in [0.15, 0.2) is 46.8 Å². The molecule has 45 heavy (non-hydrogen) atoms. The van der Waals surface area contributed by atoms with Crippen LogP contribution in [0.5, 0.6) is 0 Å². The third-order valence-corrected chi connectivity index (χ3v) is 7.96. The van der Waals surface area contributed by atoms with Crippen LogP contribution in [0.2, 0.25) is 5.02 Å². The van der Waals surface area contributed by atoms with E-state index < -0.39 is 61.1 Å². The molecule has 13 nitrogen and oxygen atoms in total. The zero-order valence-corrected chi connectivity index (χ0v) is 26.7. The zero-order chi connectivity index (χ0) is 32.7. The number of rotatable bonds is 10. The molecule has 2 fully saturated rings. The van der Waals surface area contributed by atoms with E-state index in [4.69, 9.17) is 40.3 Å². The smallest absolute Gasteiger partial charge is 0.303 e. The Balaban J connectivity index is 1.77. The van der Waals surface area contributed by atoms with Gasteiger partial charge in [0, 0.05) is 56.5 Å². The summed E-state index contributed by atoms with van der Waals surface area (Å²) in [7, 11) is 0. The second-order valence-corrected chi connectivity index (χ2v) is 11.9. The number of hydrogen-bond acceptors (Lipinski definition) is 12. The summed E-state index contributed by atoms with van der Waals surface area (Å²) >= 11 is 7.62. The summed E-state index contributed by atoms with van der Waals surface area (Å²) < 4.78 is 27.9. The molecule has 0 radical (unpaired) electrons. The molecule has 1 N–H and O–H groups in total. The quantitative estimate of drug-likeness (QED) is 0.294. The normalized spacial score (nSPS) is 25.7. The summed E-state index contributed by atoms with van der Waals surface area (Å²) in [5.74, 6) is -3.02. The molecular formula is C30H34ClN3O10S. The Hall–Kier alpha value is -4.01. The number of benzene rings is 1. The third-order valence-electron chi connectivity index (χ3n) is 6.81. The fourth-order valence-corrected chi connectivity index (χ4v) is 5.93. The van der Waals surface area contributed by atoms with Crippen LogP contribution in [0.4, 0.5) is 0 Å². The van der Waals surface area contributed by atoms with Gasteiger partial charge in [-0.1, -0.05) is 29.8 Å². The molecule has 1 aromatic carbocycles. The topological polar surface area (TPSA) is 159 Å². The Kier molecular flexibility index (Phi) is 11.5. The molecule has 0 spiro atoms. The molecule has 3 heterocycles. The number of amides is 1. The molecule has 6 atom stereocenters. The van der Waals surface area contributed by atoms with Gasteiger partial charge in [-0.2, -0.15) is 0 Å². The van der Waals surface area contributed by atoms with Gasteiger partial charge in [0.25, 0.3) is 0 Å². The minimum atomic E-state index is -1.41. The fourth-order valence-electron chi connectivity index (χ4n) is 5.02. The number of nitrogens with one attached hydrogen (secondary N) is 1. The molecular weight excluding hydrogens is 630 g/mol. The Morgan fingerprint density at radius 1 is 0.956 bits per heavy atom. The molecule has 2 aromatic rings. The predicted octanol–water partition coefficient (Wildman–Crippen LogP) is 2.77. The Bertz CT molecular complexity index is 1420. The van der Waals surface area contributed by atoms with Crippen molar-refractivity contribution in [3.05, 3.63) is 57.2 Å². The van der Waals surface area contributed by atoms with Crippen LogP contribution in [-0.4, -0.2) is 83.9 Å². The van der Waals surface area contributed by atoms with Crippen LogP contribution in [0, 0.1) is 0 Å². The molecule has 1 aromatic heterocycles. The lowest BCUT2D eigenvalue weighted by molar-refractivity contribution is -0.251. The summed E-state index contributed by atoms with van der Waals surface area (Å²) in [6.07, 6.45) is -6.01. The number of carbonyl (C=O) groups is 5. The van der Waals surface area contributed by atoms with Gasteiger partial charge in [0.15, 0.2) is 24.5 Å². The van der Waals surface area contributed by atoms with Crippen LogP contribution in [-0.2, 0) is 60.6 Å². The number of nitrogens with zero attached hydrogens (tertiary/aromatic N) is 2. The van der Waals surface area contributed by atoms with Crippen molar-refractivity contribution in [2.75, 3.05) is 6.61 Å². The van der Waals surface area contributed by atoms with E-state index in [9.17, 15) is 24.0 Å². The molecule has 4 rings (SSSR count). The molecule has 0 aliphatic carbocycles. The number of guanidine groups is 1. The Morgan fingerprint density at radius 3 is 2.20 bits per heavy atom. The number of esters is 4. The molecule has 1 amide bonds. The van der Waals surface area contributed by atoms with Crippen LogP contribution >= 0.6 is 22.9 Å². The summed E-state index contributed by atoms with van der Waals surface area (Å²) in [5, 5.41) is 5.80. The second-order valence-electron chi connectivity index (χ2n) is 10.5. The highest BCUT2D eigenvalue weighted by Gasteiger charge is 2.52. The van der Waals surface area contributed by atoms with E-state index >= 15 is 0 Å². The molecule has 0 bridgehead atoms. The van der Waals surface area contributed by atoms with Gasteiger partial charge in [0.1, 0.15) is 12.7 Å². The summed E-state index contributed by atoms with van der Waals surface area (Å²) in [6.45, 7) is 4.33. The van der Waals surface area contributed by atoms with Crippen molar-refractivity contribution in [2.24, 2.45) is 4.99 Å². The molecule has 242 valence electrons. The average molecular weight is 664 g/mol. The van der Waals surface area contributed by atoms with Gasteiger partial charge in [0.2, 0.25) is 11.9 Å². The van der Waals surface area contributed by atoms with Crippen molar-refractivity contribution < 1.29 is 47.7 Å². The lowest BCUT2D eigenvalue weighted by atomic mass is 9.97. The number of halogens is 1. The fraction of sp³-hybridized carbons (Fsp3) is 0.467. The maximum atomic E-state index is 13.6. The molecule has 2 aliphatic rings. The first kappa shape index (κ1) is 33.9. The number of hydrogen-bond donors (Lipinski definition) is 1. The Morgan fingerprint density at radius 2 is 1.60 bits per heavy atom. The van der Waals surface area contributed by atoms with Gasteiger partial charge in [0.05, 0.1) is 6.54 Å². The SMILES string of the molecule is CC(=O)OC[C@H]1O[C@H](/N=C2\N[C@H](Cc3cccs3)CC(=O)N2Cc2ccc(Cl)cc2)[C@H](OC(C)=O)[C@@H](OC(C)=O)[C@@H]1OC(C)=O. The largest absolute Gasteiger partial charge is 0.463 e. The van der Waals surface area contributed by atoms with E-state index in [1.807, 2.05) is 17.5 Å². The second kappa shape index (κ2) is 15.3. The van der Waals surface area contributed by atoms with E-state index in [-0.39, 0.29) is 30.9 Å². The monoisotopic (exact) mass is 663 g/mol. The first-order valence-electron chi connectivity index (χ1n) is 14.1. The summed E-state index contributed by atoms with van der Waals surface area (Å²) in [6, 6.07) is 10.5. The number of aliphatic imine (C=N–C) groups is 1. The van der Waals surface area contributed by atoms with Crippen molar-refractivity contribution in [1.29, 1.82) is 0 Å². The molecule has 0 unspecified atom stereocenters. The van der Waals surface area contributed by atoms with Crippen LogP contribution in [0.1, 0.15) is 44.6 Å². The Labute approximate surface area is 268 Å². The summed E-state index contributed by atoms with van der Waals surface area (Å²) in [4.78, 5) is 69.1. The predicted molar refractivity (Wildman–Crippen MR) is 161 cm³/mol. The van der Waals surface area contributed by atoms with Crippen molar-refractivity contribution in [3.8, 4) is 0 Å². The highest BCUT2D eigenvalue weighted by molar-refractivity contribution is 7.09. The van der Waals surface area contributed by atoms with Gasteiger partial charge in [-0.25, -0.2) is 4.99 Å². The van der Waals surface area contributed by atoms with E-state index in [0.29, 0.717) is 11.4 Å². The van der Waals surface area contributed by atoms with Gasteiger partial charge in [-0.15, -0.1) is 11.3 Å². The molecule has 0 saturated carbocycles. The first-order chi connectivity index (χ1) is 21.4. The van der Waals surface area contributed by atoms with Gasteiger partial charge >= 0.3 is 23.9 Å². The molecule has 2 aliphatic heterocycles. The van der Waals surface area contributed by atoms with E-state index in [2.05, 4.69) is 5.32 Å². The van der Waals surface area contributed by atoms with Crippen molar-refractivity contribution >= 4 is 58.7 Å². The standard InChI is InChI=1S/C30H34ClN3O10S/c1-16(35)40-15-24-26(41-17(2)36)27(42-18(3)37)28(43-19(4)38)29(44-24)33-30-32-22(12-23-6-5-11-45-23)13-25(39)34(30)14-20-7-9-21(31)10-8-20/h5-11,22,24,26-29H,12-15H2,1-4H3,(H,32,33)/t22-,24-,26-,27+,28-,29+/m1/s1. The molecule has 2 saturated heterocycles. The minimum absolute atomic E-state index is 0.114. The van der Waals surface area contributed by atoms with Gasteiger partial charge < -0.3 is 29.0 Å². The lowest BCUT2D eigenvalue weighted by Gasteiger charge is -2.44. The zero-order valence-electron chi connectivity index (χ0n) is 25.1. The van der Waals surface area contributed by atoms with Gasteiger partial charge in [-0.3, -0.25) is 28.9 Å². The molecule has 15 heteroatoms. The van der Waals surface area contributed by atoms with E-state index in [1.165, 1.54) is 11.8 Å². The van der Waals surface area contributed by atoms with Crippen LogP contribution < -0.4 is 5.32 Å².